The van der Waals surface area contributed by atoms with Crippen molar-refractivity contribution in [2.75, 3.05) is 6.54 Å². The van der Waals surface area contributed by atoms with Crippen molar-refractivity contribution in [1.82, 2.24) is 10.6 Å². The van der Waals surface area contributed by atoms with Crippen LogP contribution in [0.2, 0.25) is 0 Å². The van der Waals surface area contributed by atoms with Gasteiger partial charge in [0.1, 0.15) is 5.60 Å². The molecular weight excluding hydrogens is 396 g/mol. The van der Waals surface area contributed by atoms with E-state index in [1.165, 1.54) is 37.7 Å². The van der Waals surface area contributed by atoms with E-state index in [2.05, 4.69) is 54.0 Å². The fourth-order valence-electron chi connectivity index (χ4n) is 4.68. The number of hydrogen-bond donors (Lipinski definition) is 2. The molecule has 0 aromatic heterocycles. The van der Waals surface area contributed by atoms with Gasteiger partial charge < -0.3 is 15.4 Å². The van der Waals surface area contributed by atoms with Crippen LogP contribution in [0.5, 0.6) is 0 Å². The molecule has 3 rings (SSSR count). The minimum atomic E-state index is -0.509. The van der Waals surface area contributed by atoms with Crippen molar-refractivity contribution >= 4 is 12.0 Å². The molecule has 32 heavy (non-hydrogen) atoms. The van der Waals surface area contributed by atoms with E-state index in [1.54, 1.807) is 5.57 Å². The van der Waals surface area contributed by atoms with Crippen LogP contribution in [0.25, 0.3) is 6.08 Å². The van der Waals surface area contributed by atoms with Crippen molar-refractivity contribution in [2.45, 2.75) is 104 Å². The lowest BCUT2D eigenvalue weighted by Crippen LogP contribution is -2.46. The Bertz CT molecular complexity index is 770. The van der Waals surface area contributed by atoms with E-state index < -0.39 is 11.0 Å². The Morgan fingerprint density at radius 1 is 1.03 bits per heavy atom. The normalized spacial score (nSPS) is 26.6. The molecule has 2 unspecified atom stereocenters. The molecule has 1 aromatic carbocycles. The monoisotopic (exact) mass is 440 g/mol. The zero-order chi connectivity index (χ0) is 23.4. The molecule has 0 heterocycles. The van der Waals surface area contributed by atoms with Gasteiger partial charge in [0.15, 0.2) is 0 Å². The van der Waals surface area contributed by atoms with E-state index in [9.17, 15) is 4.79 Å². The zero-order valence-electron chi connectivity index (χ0n) is 21.0. The van der Waals surface area contributed by atoms with Crippen LogP contribution in [0.3, 0.4) is 0 Å². The number of carbonyl (C=O) groups excluding carboxylic acids is 1. The number of hydrogen-bond acceptors (Lipinski definition) is 4. The van der Waals surface area contributed by atoms with Gasteiger partial charge in [-0.2, -0.15) is 0 Å². The smallest absolute Gasteiger partial charge is 0.313 e. The highest BCUT2D eigenvalue weighted by molar-refractivity contribution is 5.76. The molecule has 2 fully saturated rings. The molecule has 0 amide bonds. The maximum Gasteiger partial charge on any atom is 0.313 e. The molecule has 0 bridgehead atoms. The summed E-state index contributed by atoms with van der Waals surface area (Å²) in [6, 6.07) is 12.5. The van der Waals surface area contributed by atoms with E-state index in [1.807, 2.05) is 34.6 Å². The fourth-order valence-corrected chi connectivity index (χ4v) is 4.68. The molecule has 2 atom stereocenters. The van der Waals surface area contributed by atoms with Gasteiger partial charge in [-0.05, 0) is 84.6 Å². The Morgan fingerprint density at radius 3 is 2.25 bits per heavy atom. The molecule has 2 aliphatic carbocycles. The average molecular weight is 441 g/mol. The number of nitrogens with one attached hydrogen (secondary N) is 2. The van der Waals surface area contributed by atoms with Crippen molar-refractivity contribution < 1.29 is 9.53 Å². The number of carbonyl (C=O) groups is 1. The first kappa shape index (κ1) is 25.0. The van der Waals surface area contributed by atoms with Gasteiger partial charge in [-0.15, -0.1) is 0 Å². The molecule has 0 radical (unpaired) electrons. The predicted octanol–water partition coefficient (Wildman–Crippen LogP) is 5.73. The van der Waals surface area contributed by atoms with Crippen molar-refractivity contribution in [1.29, 1.82) is 0 Å². The lowest BCUT2D eigenvalue weighted by Gasteiger charge is -2.33. The second-order valence-electron chi connectivity index (χ2n) is 11.4. The summed E-state index contributed by atoms with van der Waals surface area (Å²) in [5, 5.41) is 7.58. The standard InChI is InChI=1S/C28H44N2O2/c1-7-21(17-20-11-9-8-10-12-20)24-18-25(24)30-23-15-13-22(14-16-23)29-19-28(5,6)26(31)32-27(2,3)4/h8-12,17,22-25,29-30H,7,13-16,18-19H2,1-6H3. The van der Waals surface area contributed by atoms with Gasteiger partial charge >= 0.3 is 5.97 Å². The summed E-state index contributed by atoms with van der Waals surface area (Å²) in [5.74, 6) is 0.577. The lowest BCUT2D eigenvalue weighted by atomic mass is 9.88. The van der Waals surface area contributed by atoms with Crippen LogP contribution in [0, 0.1) is 11.3 Å². The Balaban J connectivity index is 1.39. The highest BCUT2D eigenvalue weighted by Gasteiger charge is 2.40. The van der Waals surface area contributed by atoms with Crippen LogP contribution >= 0.6 is 0 Å². The summed E-state index contributed by atoms with van der Waals surface area (Å²) in [5.41, 5.74) is 1.95. The quantitative estimate of drug-likeness (QED) is 0.482. The maximum atomic E-state index is 12.5. The number of esters is 1. The molecule has 0 saturated heterocycles. The van der Waals surface area contributed by atoms with E-state index in [4.69, 9.17) is 4.74 Å². The fraction of sp³-hybridized carbons (Fsp3) is 0.679. The van der Waals surface area contributed by atoms with E-state index in [0.29, 0.717) is 30.6 Å². The summed E-state index contributed by atoms with van der Waals surface area (Å²) in [4.78, 5) is 12.5. The third-order valence-corrected chi connectivity index (χ3v) is 6.79. The maximum absolute atomic E-state index is 12.5. The first-order valence-electron chi connectivity index (χ1n) is 12.6. The third-order valence-electron chi connectivity index (χ3n) is 6.79. The second kappa shape index (κ2) is 10.5. The van der Waals surface area contributed by atoms with Crippen molar-refractivity contribution in [3.63, 3.8) is 0 Å². The number of ether oxygens (including phenoxy) is 1. The molecule has 178 valence electrons. The van der Waals surface area contributed by atoms with Crippen molar-refractivity contribution in [3.05, 3.63) is 41.5 Å². The number of benzene rings is 1. The summed E-state index contributed by atoms with van der Waals surface area (Å²) in [6.07, 6.45) is 9.53. The molecule has 4 heteroatoms. The lowest BCUT2D eigenvalue weighted by molar-refractivity contribution is -0.165. The van der Waals surface area contributed by atoms with Gasteiger partial charge in [0.25, 0.3) is 0 Å². The zero-order valence-corrected chi connectivity index (χ0v) is 21.0. The Hall–Kier alpha value is -1.65. The molecule has 4 nitrogen and oxygen atoms in total. The van der Waals surface area contributed by atoms with E-state index >= 15 is 0 Å². The van der Waals surface area contributed by atoms with Crippen LogP contribution in [0.1, 0.15) is 85.6 Å². The summed E-state index contributed by atoms with van der Waals surface area (Å²) in [6.45, 7) is 12.7. The molecule has 0 spiro atoms. The Morgan fingerprint density at radius 2 is 1.66 bits per heavy atom. The van der Waals surface area contributed by atoms with E-state index in [0.717, 1.165) is 6.42 Å². The van der Waals surface area contributed by atoms with E-state index in [-0.39, 0.29) is 5.97 Å². The van der Waals surface area contributed by atoms with Crippen molar-refractivity contribution in [2.24, 2.45) is 11.3 Å². The Labute approximate surface area is 195 Å². The molecule has 2 N–H and O–H groups in total. The van der Waals surface area contributed by atoms with Gasteiger partial charge in [0, 0.05) is 24.7 Å². The average Bonchev–Trinajstić information content (AvgIpc) is 3.50. The number of rotatable bonds is 9. The molecule has 0 aliphatic heterocycles. The van der Waals surface area contributed by atoms with Gasteiger partial charge in [-0.25, -0.2) is 0 Å². The van der Waals surface area contributed by atoms with Gasteiger partial charge in [-0.1, -0.05) is 48.9 Å². The van der Waals surface area contributed by atoms with Gasteiger partial charge in [0.2, 0.25) is 0 Å². The van der Waals surface area contributed by atoms with Crippen LogP contribution < -0.4 is 10.6 Å². The summed E-state index contributed by atoms with van der Waals surface area (Å²) in [7, 11) is 0. The summed E-state index contributed by atoms with van der Waals surface area (Å²) < 4.78 is 5.59. The minimum Gasteiger partial charge on any atom is -0.460 e. The molecule has 2 aliphatic rings. The van der Waals surface area contributed by atoms with Gasteiger partial charge in [0.05, 0.1) is 5.41 Å². The van der Waals surface area contributed by atoms with Crippen LogP contribution in [0.15, 0.2) is 35.9 Å². The topological polar surface area (TPSA) is 50.4 Å². The molecular formula is C28H44N2O2. The van der Waals surface area contributed by atoms with Crippen LogP contribution in [0.4, 0.5) is 0 Å². The minimum absolute atomic E-state index is 0.122. The molecule has 1 aromatic rings. The highest BCUT2D eigenvalue weighted by atomic mass is 16.6. The third kappa shape index (κ3) is 7.45. The van der Waals surface area contributed by atoms with Crippen molar-refractivity contribution in [3.8, 4) is 0 Å². The van der Waals surface area contributed by atoms with Gasteiger partial charge in [-0.3, -0.25) is 4.79 Å². The molecule has 2 saturated carbocycles. The van der Waals surface area contributed by atoms with Crippen LogP contribution in [-0.4, -0.2) is 36.2 Å². The SMILES string of the molecule is CCC(=Cc1ccccc1)C1CC1NC1CCC(NCC(C)(C)C(=O)OC(C)(C)C)CC1. The summed E-state index contributed by atoms with van der Waals surface area (Å²) >= 11 is 0. The Kier molecular flexibility index (Phi) is 8.21. The largest absolute Gasteiger partial charge is 0.460 e. The first-order valence-corrected chi connectivity index (χ1v) is 12.6. The predicted molar refractivity (Wildman–Crippen MR) is 133 cm³/mol. The second-order valence-corrected chi connectivity index (χ2v) is 11.4. The van der Waals surface area contributed by atoms with Crippen LogP contribution in [-0.2, 0) is 9.53 Å². The first-order chi connectivity index (χ1) is 15.1. The highest BCUT2D eigenvalue weighted by Crippen LogP contribution is 2.40.